The van der Waals surface area contributed by atoms with Crippen LogP contribution in [0.5, 0.6) is 5.75 Å². The minimum absolute atomic E-state index is 0.0829. The summed E-state index contributed by atoms with van der Waals surface area (Å²) in [7, 11) is 0. The first-order valence-electron chi connectivity index (χ1n) is 9.59. The van der Waals surface area contributed by atoms with Crippen molar-refractivity contribution < 1.29 is 14.3 Å². The molecule has 0 radical (unpaired) electrons. The SMILES string of the molecule is CCCCC[C@@](C)(OCC)C(=O)Nc1ccc(O[C@H](C)CC)c(C)c1. The van der Waals surface area contributed by atoms with Gasteiger partial charge in [0.15, 0.2) is 0 Å². The molecule has 0 saturated carbocycles. The first-order chi connectivity index (χ1) is 11.9. The number of unbranched alkanes of at least 4 members (excludes halogenated alkanes) is 2. The van der Waals surface area contributed by atoms with Gasteiger partial charge in [0.05, 0.1) is 6.10 Å². The van der Waals surface area contributed by atoms with E-state index in [9.17, 15) is 4.79 Å². The molecule has 4 heteroatoms. The Labute approximate surface area is 153 Å². The molecule has 1 N–H and O–H groups in total. The van der Waals surface area contributed by atoms with E-state index in [0.29, 0.717) is 6.61 Å². The van der Waals surface area contributed by atoms with Gasteiger partial charge in [0.2, 0.25) is 0 Å². The van der Waals surface area contributed by atoms with Gasteiger partial charge in [-0.05, 0) is 64.3 Å². The molecule has 0 fully saturated rings. The Hall–Kier alpha value is -1.55. The van der Waals surface area contributed by atoms with E-state index in [0.717, 1.165) is 49.1 Å². The van der Waals surface area contributed by atoms with Gasteiger partial charge in [0.1, 0.15) is 11.4 Å². The van der Waals surface area contributed by atoms with Crippen molar-refractivity contribution in [3.05, 3.63) is 23.8 Å². The van der Waals surface area contributed by atoms with E-state index in [1.807, 2.05) is 39.0 Å². The summed E-state index contributed by atoms with van der Waals surface area (Å²) in [5, 5.41) is 3.01. The molecular weight excluding hydrogens is 314 g/mol. The molecule has 25 heavy (non-hydrogen) atoms. The molecule has 2 atom stereocenters. The zero-order chi connectivity index (χ0) is 18.9. The highest BCUT2D eigenvalue weighted by Crippen LogP contribution is 2.26. The van der Waals surface area contributed by atoms with Crippen molar-refractivity contribution in [3.8, 4) is 5.75 Å². The van der Waals surface area contributed by atoms with Crippen molar-refractivity contribution in [3.63, 3.8) is 0 Å². The van der Waals surface area contributed by atoms with Gasteiger partial charge in [-0.15, -0.1) is 0 Å². The Morgan fingerprint density at radius 3 is 2.52 bits per heavy atom. The lowest BCUT2D eigenvalue weighted by Gasteiger charge is -2.28. The zero-order valence-electron chi connectivity index (χ0n) is 16.8. The fourth-order valence-electron chi connectivity index (χ4n) is 2.70. The van der Waals surface area contributed by atoms with Crippen molar-refractivity contribution in [2.45, 2.75) is 85.4 Å². The molecule has 0 heterocycles. The molecule has 0 aromatic heterocycles. The van der Waals surface area contributed by atoms with Gasteiger partial charge in [-0.25, -0.2) is 0 Å². The first-order valence-corrected chi connectivity index (χ1v) is 9.59. The number of rotatable bonds is 11. The van der Waals surface area contributed by atoms with Gasteiger partial charge >= 0.3 is 0 Å². The molecule has 1 aromatic rings. The second kappa shape index (κ2) is 10.4. The van der Waals surface area contributed by atoms with Crippen LogP contribution in [0.2, 0.25) is 0 Å². The van der Waals surface area contributed by atoms with Crippen molar-refractivity contribution in [1.29, 1.82) is 0 Å². The molecule has 1 rings (SSSR count). The lowest BCUT2D eigenvalue weighted by atomic mass is 9.96. The summed E-state index contributed by atoms with van der Waals surface area (Å²) in [5.74, 6) is 0.781. The Morgan fingerprint density at radius 2 is 1.96 bits per heavy atom. The van der Waals surface area contributed by atoms with Gasteiger partial charge in [-0.2, -0.15) is 0 Å². The van der Waals surface area contributed by atoms with Gasteiger partial charge < -0.3 is 14.8 Å². The number of aryl methyl sites for hydroxylation is 1. The van der Waals surface area contributed by atoms with Crippen molar-refractivity contribution in [2.24, 2.45) is 0 Å². The average molecular weight is 350 g/mol. The number of hydrogen-bond acceptors (Lipinski definition) is 3. The number of carbonyl (C=O) groups is 1. The number of amides is 1. The normalized spacial score (nSPS) is 14.6. The van der Waals surface area contributed by atoms with Gasteiger partial charge in [0.25, 0.3) is 5.91 Å². The molecule has 1 amide bonds. The molecule has 0 saturated heterocycles. The van der Waals surface area contributed by atoms with Crippen LogP contribution in [0.15, 0.2) is 18.2 Å². The van der Waals surface area contributed by atoms with Crippen LogP contribution < -0.4 is 10.1 Å². The topological polar surface area (TPSA) is 47.6 Å². The smallest absolute Gasteiger partial charge is 0.256 e. The van der Waals surface area contributed by atoms with E-state index in [1.165, 1.54) is 0 Å². The van der Waals surface area contributed by atoms with Crippen molar-refractivity contribution in [2.75, 3.05) is 11.9 Å². The fourth-order valence-corrected chi connectivity index (χ4v) is 2.70. The van der Waals surface area contributed by atoms with Gasteiger partial charge in [0, 0.05) is 12.3 Å². The Kier molecular flexibility index (Phi) is 8.98. The van der Waals surface area contributed by atoms with E-state index < -0.39 is 5.60 Å². The van der Waals surface area contributed by atoms with Crippen LogP contribution >= 0.6 is 0 Å². The van der Waals surface area contributed by atoms with Gasteiger partial charge in [-0.1, -0.05) is 33.1 Å². The summed E-state index contributed by atoms with van der Waals surface area (Å²) >= 11 is 0. The number of hydrogen-bond donors (Lipinski definition) is 1. The van der Waals surface area contributed by atoms with E-state index in [1.54, 1.807) is 0 Å². The molecule has 0 aliphatic heterocycles. The number of carbonyl (C=O) groups excluding carboxylic acids is 1. The van der Waals surface area contributed by atoms with Crippen LogP contribution in [0.25, 0.3) is 0 Å². The molecule has 0 spiro atoms. The van der Waals surface area contributed by atoms with Crippen LogP contribution in [0.1, 0.15) is 72.3 Å². The summed E-state index contributed by atoms with van der Waals surface area (Å²) in [6.07, 6.45) is 5.09. The highest BCUT2D eigenvalue weighted by molar-refractivity contribution is 5.97. The summed E-state index contributed by atoms with van der Waals surface area (Å²) in [5.41, 5.74) is 1.01. The predicted molar refractivity (Wildman–Crippen MR) is 104 cm³/mol. The molecular formula is C21H35NO3. The third kappa shape index (κ3) is 6.69. The second-order valence-corrected chi connectivity index (χ2v) is 6.89. The first kappa shape index (κ1) is 21.5. The Balaban J connectivity index is 2.80. The summed E-state index contributed by atoms with van der Waals surface area (Å²) in [4.78, 5) is 12.8. The van der Waals surface area contributed by atoms with Crippen molar-refractivity contribution in [1.82, 2.24) is 0 Å². The van der Waals surface area contributed by atoms with Crippen LogP contribution in [0.4, 0.5) is 5.69 Å². The van der Waals surface area contributed by atoms with E-state index in [-0.39, 0.29) is 12.0 Å². The zero-order valence-corrected chi connectivity index (χ0v) is 16.8. The highest BCUT2D eigenvalue weighted by atomic mass is 16.5. The summed E-state index contributed by atoms with van der Waals surface area (Å²) < 4.78 is 11.7. The Morgan fingerprint density at radius 1 is 1.24 bits per heavy atom. The quantitative estimate of drug-likeness (QED) is 0.538. The average Bonchev–Trinajstić information content (AvgIpc) is 2.57. The van der Waals surface area contributed by atoms with E-state index >= 15 is 0 Å². The Bertz CT molecular complexity index is 544. The fraction of sp³-hybridized carbons (Fsp3) is 0.667. The van der Waals surface area contributed by atoms with Crippen LogP contribution in [-0.4, -0.2) is 24.2 Å². The maximum Gasteiger partial charge on any atom is 0.256 e. The van der Waals surface area contributed by atoms with Crippen molar-refractivity contribution >= 4 is 11.6 Å². The monoisotopic (exact) mass is 349 g/mol. The van der Waals surface area contributed by atoms with Gasteiger partial charge in [-0.3, -0.25) is 4.79 Å². The predicted octanol–water partition coefficient (Wildman–Crippen LogP) is 5.49. The summed E-state index contributed by atoms with van der Waals surface area (Å²) in [6, 6.07) is 5.77. The number of nitrogens with one attached hydrogen (secondary N) is 1. The molecule has 0 bridgehead atoms. The molecule has 0 aliphatic rings. The molecule has 142 valence electrons. The molecule has 4 nitrogen and oxygen atoms in total. The maximum absolute atomic E-state index is 12.8. The second-order valence-electron chi connectivity index (χ2n) is 6.89. The minimum atomic E-state index is -0.788. The summed E-state index contributed by atoms with van der Waals surface area (Å²) in [6.45, 7) is 12.6. The minimum Gasteiger partial charge on any atom is -0.490 e. The number of benzene rings is 1. The lowest BCUT2D eigenvalue weighted by molar-refractivity contribution is -0.139. The lowest BCUT2D eigenvalue weighted by Crippen LogP contribution is -2.42. The number of ether oxygens (including phenoxy) is 2. The van der Waals surface area contributed by atoms with E-state index in [2.05, 4.69) is 26.1 Å². The standard InChI is InChI=1S/C21H35NO3/c1-7-10-11-14-21(6,24-9-3)20(23)22-18-12-13-19(16(4)15-18)25-17(5)8-2/h12-13,15,17H,7-11,14H2,1-6H3,(H,22,23)/t17-,21-/m1/s1. The van der Waals surface area contributed by atoms with Crippen LogP contribution in [0.3, 0.4) is 0 Å². The highest BCUT2D eigenvalue weighted by Gasteiger charge is 2.33. The largest absolute Gasteiger partial charge is 0.490 e. The number of anilines is 1. The molecule has 0 aliphatic carbocycles. The third-order valence-electron chi connectivity index (χ3n) is 4.54. The van der Waals surface area contributed by atoms with Crippen LogP contribution in [-0.2, 0) is 9.53 Å². The van der Waals surface area contributed by atoms with Crippen LogP contribution in [0, 0.1) is 6.92 Å². The molecule has 1 aromatic carbocycles. The van der Waals surface area contributed by atoms with E-state index in [4.69, 9.17) is 9.47 Å². The maximum atomic E-state index is 12.8. The molecule has 0 unspecified atom stereocenters. The third-order valence-corrected chi connectivity index (χ3v) is 4.54.